The molecule has 1 aromatic rings. The number of halogens is 1. The van der Waals surface area contributed by atoms with Crippen molar-refractivity contribution in [2.24, 2.45) is 5.73 Å². The first-order chi connectivity index (χ1) is 5.65. The van der Waals surface area contributed by atoms with Gasteiger partial charge in [0.25, 0.3) is 0 Å². The maximum Gasteiger partial charge on any atom is 0.158 e. The highest BCUT2D eigenvalue weighted by atomic mass is 35.5. The fraction of sp³-hybridized carbons (Fsp3) is 0.250. The van der Waals surface area contributed by atoms with Crippen molar-refractivity contribution >= 4 is 11.6 Å². The maximum absolute atomic E-state index is 9.10. The summed E-state index contributed by atoms with van der Waals surface area (Å²) in [5.74, 6) is -0.372. The van der Waals surface area contributed by atoms with Crippen LogP contribution in [0.25, 0.3) is 0 Å². The van der Waals surface area contributed by atoms with Gasteiger partial charge in [0, 0.05) is 11.1 Å². The molecule has 0 aromatic heterocycles. The number of benzene rings is 1. The van der Waals surface area contributed by atoms with E-state index >= 15 is 0 Å². The minimum atomic E-state index is -0.208. The first-order valence-electron chi connectivity index (χ1n) is 3.55. The van der Waals surface area contributed by atoms with Crippen molar-refractivity contribution in [3.8, 4) is 11.5 Å². The van der Waals surface area contributed by atoms with Crippen molar-refractivity contribution in [1.82, 2.24) is 0 Å². The minimum Gasteiger partial charge on any atom is -0.504 e. The van der Waals surface area contributed by atoms with Gasteiger partial charge in [0.05, 0.1) is 0 Å². The fourth-order valence-corrected chi connectivity index (χ4v) is 1.19. The lowest BCUT2D eigenvalue weighted by atomic mass is 10.1. The van der Waals surface area contributed by atoms with Crippen LogP contribution in [0, 0.1) is 0 Å². The Labute approximate surface area is 75.4 Å². The quantitative estimate of drug-likeness (QED) is 0.611. The molecule has 1 rings (SSSR count). The normalized spacial score (nSPS) is 10.2. The highest BCUT2D eigenvalue weighted by molar-refractivity contribution is 6.31. The molecule has 0 saturated carbocycles. The SMILES string of the molecule is NCCc1cc(O)c(O)cc1Cl. The van der Waals surface area contributed by atoms with E-state index in [0.717, 1.165) is 5.56 Å². The maximum atomic E-state index is 9.10. The molecule has 0 aliphatic heterocycles. The van der Waals surface area contributed by atoms with Crippen LogP contribution in [0.1, 0.15) is 5.56 Å². The molecule has 12 heavy (non-hydrogen) atoms. The van der Waals surface area contributed by atoms with Crippen molar-refractivity contribution in [2.75, 3.05) is 6.54 Å². The molecule has 0 atom stereocenters. The molecule has 4 heteroatoms. The van der Waals surface area contributed by atoms with E-state index in [1.807, 2.05) is 0 Å². The smallest absolute Gasteiger partial charge is 0.158 e. The van der Waals surface area contributed by atoms with Crippen molar-refractivity contribution < 1.29 is 10.2 Å². The number of nitrogens with two attached hydrogens (primary N) is 1. The molecule has 3 nitrogen and oxygen atoms in total. The number of rotatable bonds is 2. The molecule has 4 N–H and O–H groups in total. The number of phenols is 2. The topological polar surface area (TPSA) is 66.5 Å². The lowest BCUT2D eigenvalue weighted by Crippen LogP contribution is -2.02. The van der Waals surface area contributed by atoms with Gasteiger partial charge in [-0.3, -0.25) is 0 Å². The molecule has 0 radical (unpaired) electrons. The Balaban J connectivity index is 3.05. The highest BCUT2D eigenvalue weighted by Crippen LogP contribution is 2.31. The molecule has 0 spiro atoms. The second-order valence-electron chi connectivity index (χ2n) is 2.47. The van der Waals surface area contributed by atoms with Crippen molar-refractivity contribution in [1.29, 1.82) is 0 Å². The average molecular weight is 188 g/mol. The minimum absolute atomic E-state index is 0.164. The molecular formula is C8H10ClNO2. The average Bonchev–Trinajstić information content (AvgIpc) is 2.01. The summed E-state index contributed by atoms with van der Waals surface area (Å²) in [6.45, 7) is 0.462. The largest absolute Gasteiger partial charge is 0.504 e. The predicted octanol–water partition coefficient (Wildman–Crippen LogP) is 1.25. The van der Waals surface area contributed by atoms with Crippen LogP contribution in [-0.2, 0) is 6.42 Å². The third-order valence-electron chi connectivity index (χ3n) is 1.56. The van der Waals surface area contributed by atoms with Gasteiger partial charge in [-0.2, -0.15) is 0 Å². The summed E-state index contributed by atoms with van der Waals surface area (Å²) < 4.78 is 0. The summed E-state index contributed by atoms with van der Waals surface area (Å²) in [5.41, 5.74) is 6.06. The zero-order valence-electron chi connectivity index (χ0n) is 6.42. The zero-order chi connectivity index (χ0) is 9.14. The molecule has 0 heterocycles. The monoisotopic (exact) mass is 187 g/mol. The Kier molecular flexibility index (Phi) is 2.78. The third kappa shape index (κ3) is 1.81. The van der Waals surface area contributed by atoms with Gasteiger partial charge in [0.2, 0.25) is 0 Å². The molecule has 0 amide bonds. The summed E-state index contributed by atoms with van der Waals surface area (Å²) in [6, 6.07) is 2.73. The van der Waals surface area contributed by atoms with Crippen LogP contribution in [0.2, 0.25) is 5.02 Å². The van der Waals surface area contributed by atoms with Gasteiger partial charge in [0.1, 0.15) is 0 Å². The fourth-order valence-electron chi connectivity index (χ4n) is 0.942. The lowest BCUT2D eigenvalue weighted by molar-refractivity contribution is 0.403. The molecule has 0 fully saturated rings. The first-order valence-corrected chi connectivity index (χ1v) is 3.93. The highest BCUT2D eigenvalue weighted by Gasteiger charge is 2.05. The number of aromatic hydroxyl groups is 2. The Hall–Kier alpha value is -0.930. The van der Waals surface area contributed by atoms with Crippen LogP contribution in [-0.4, -0.2) is 16.8 Å². The van der Waals surface area contributed by atoms with Crippen LogP contribution in [0.3, 0.4) is 0 Å². The molecule has 0 bridgehead atoms. The van der Waals surface area contributed by atoms with Crippen LogP contribution >= 0.6 is 11.6 Å². The van der Waals surface area contributed by atoms with E-state index < -0.39 is 0 Å². The van der Waals surface area contributed by atoms with Crippen LogP contribution in [0.5, 0.6) is 11.5 Å². The molecule has 0 aliphatic carbocycles. The summed E-state index contributed by atoms with van der Waals surface area (Å²) in [4.78, 5) is 0. The molecule has 0 unspecified atom stereocenters. The summed E-state index contributed by atoms with van der Waals surface area (Å²) in [5, 5.41) is 18.6. The van der Waals surface area contributed by atoms with Gasteiger partial charge in [-0.1, -0.05) is 11.6 Å². The second-order valence-corrected chi connectivity index (χ2v) is 2.88. The Bertz CT molecular complexity index is 289. The third-order valence-corrected chi connectivity index (χ3v) is 1.91. The van der Waals surface area contributed by atoms with Gasteiger partial charge in [0.15, 0.2) is 11.5 Å². The molecule has 1 aromatic carbocycles. The molecule has 66 valence electrons. The summed E-state index contributed by atoms with van der Waals surface area (Å²) >= 11 is 5.75. The Morgan fingerprint density at radius 3 is 2.42 bits per heavy atom. The van der Waals surface area contributed by atoms with Crippen LogP contribution < -0.4 is 5.73 Å². The van der Waals surface area contributed by atoms with E-state index in [1.54, 1.807) is 0 Å². The van der Waals surface area contributed by atoms with E-state index in [0.29, 0.717) is 18.0 Å². The van der Waals surface area contributed by atoms with Gasteiger partial charge in [-0.25, -0.2) is 0 Å². The number of hydrogen-bond acceptors (Lipinski definition) is 3. The van der Waals surface area contributed by atoms with Crippen molar-refractivity contribution in [3.05, 3.63) is 22.7 Å². The van der Waals surface area contributed by atoms with E-state index in [-0.39, 0.29) is 11.5 Å². The van der Waals surface area contributed by atoms with Crippen molar-refractivity contribution in [2.45, 2.75) is 6.42 Å². The first kappa shape index (κ1) is 9.16. The molecule has 0 aliphatic rings. The number of phenolic OH excluding ortho intramolecular Hbond substituents is 2. The Morgan fingerprint density at radius 2 is 1.83 bits per heavy atom. The predicted molar refractivity (Wildman–Crippen MR) is 47.5 cm³/mol. The van der Waals surface area contributed by atoms with Crippen molar-refractivity contribution in [3.63, 3.8) is 0 Å². The lowest BCUT2D eigenvalue weighted by Gasteiger charge is -2.04. The van der Waals surface area contributed by atoms with Gasteiger partial charge in [-0.05, 0) is 24.6 Å². The van der Waals surface area contributed by atoms with E-state index in [4.69, 9.17) is 27.5 Å². The Morgan fingerprint density at radius 1 is 1.25 bits per heavy atom. The second kappa shape index (κ2) is 3.65. The molecular weight excluding hydrogens is 178 g/mol. The van der Waals surface area contributed by atoms with Crippen LogP contribution in [0.15, 0.2) is 12.1 Å². The summed E-state index contributed by atoms with van der Waals surface area (Å²) in [6.07, 6.45) is 0.590. The summed E-state index contributed by atoms with van der Waals surface area (Å²) in [7, 11) is 0. The standard InChI is InChI=1S/C8H10ClNO2/c9-6-4-8(12)7(11)3-5(6)1-2-10/h3-4,11-12H,1-2,10H2. The van der Waals surface area contributed by atoms with E-state index in [2.05, 4.69) is 0 Å². The van der Waals surface area contributed by atoms with Gasteiger partial charge in [-0.15, -0.1) is 0 Å². The van der Waals surface area contributed by atoms with Gasteiger partial charge >= 0.3 is 0 Å². The van der Waals surface area contributed by atoms with E-state index in [9.17, 15) is 0 Å². The van der Waals surface area contributed by atoms with Gasteiger partial charge < -0.3 is 15.9 Å². The van der Waals surface area contributed by atoms with Crippen LogP contribution in [0.4, 0.5) is 0 Å². The molecule has 0 saturated heterocycles. The zero-order valence-corrected chi connectivity index (χ0v) is 7.17. The van der Waals surface area contributed by atoms with E-state index in [1.165, 1.54) is 12.1 Å². The number of hydrogen-bond donors (Lipinski definition) is 3.